The molecule has 0 spiro atoms. The molecule has 1 unspecified atom stereocenters. The summed E-state index contributed by atoms with van der Waals surface area (Å²) in [5.41, 5.74) is 1.28. The topological polar surface area (TPSA) is 29.9 Å². The van der Waals surface area contributed by atoms with Crippen molar-refractivity contribution in [2.24, 2.45) is 0 Å². The highest BCUT2D eigenvalue weighted by molar-refractivity contribution is 9.10. The molecular weight excluding hydrogens is 290 g/mol. The largest absolute Gasteiger partial charge is 0.335 e. The molecule has 2 rings (SSSR count). The van der Waals surface area contributed by atoms with E-state index in [9.17, 15) is 0 Å². The summed E-state index contributed by atoms with van der Waals surface area (Å²) in [6.07, 6.45) is 4.79. The van der Waals surface area contributed by atoms with Gasteiger partial charge in [-0.15, -0.1) is 0 Å². The smallest absolute Gasteiger partial charge is 0.110 e. The van der Waals surface area contributed by atoms with E-state index in [2.05, 4.69) is 55.9 Å². The summed E-state index contributed by atoms with van der Waals surface area (Å²) in [5.74, 6) is 1.12. The van der Waals surface area contributed by atoms with Gasteiger partial charge in [0.05, 0.1) is 0 Å². The molecule has 3 nitrogen and oxygen atoms in total. The van der Waals surface area contributed by atoms with Crippen molar-refractivity contribution in [3.05, 3.63) is 52.5 Å². The quantitative estimate of drug-likeness (QED) is 0.919. The highest BCUT2D eigenvalue weighted by Crippen LogP contribution is 2.21. The number of hydrogen-bond donors (Lipinski definition) is 1. The van der Waals surface area contributed by atoms with E-state index < -0.39 is 0 Å². The van der Waals surface area contributed by atoms with Crippen molar-refractivity contribution >= 4 is 15.9 Å². The third-order valence-corrected chi connectivity index (χ3v) is 3.62. The molecule has 0 saturated heterocycles. The summed E-state index contributed by atoms with van der Waals surface area (Å²) >= 11 is 3.52. The number of hydrogen-bond acceptors (Lipinski definition) is 2. The first-order chi connectivity index (χ1) is 8.74. The summed E-state index contributed by atoms with van der Waals surface area (Å²) in [6, 6.07) is 8.69. The molecule has 1 N–H and O–H groups in total. The van der Waals surface area contributed by atoms with E-state index >= 15 is 0 Å². The maximum Gasteiger partial charge on any atom is 0.110 e. The Kier molecular flexibility index (Phi) is 4.55. The van der Waals surface area contributed by atoms with Crippen LogP contribution in [-0.2, 0) is 13.0 Å². The van der Waals surface area contributed by atoms with Gasteiger partial charge in [-0.2, -0.15) is 0 Å². The SMILES string of the molecule is CCn1ccnc1CC(NC)c1cccc(Br)c1. The Morgan fingerprint density at radius 3 is 2.94 bits per heavy atom. The minimum atomic E-state index is 0.287. The number of benzene rings is 1. The van der Waals surface area contributed by atoms with E-state index in [-0.39, 0.29) is 6.04 Å². The number of rotatable bonds is 5. The Morgan fingerprint density at radius 2 is 2.28 bits per heavy atom. The van der Waals surface area contributed by atoms with Crippen molar-refractivity contribution in [1.82, 2.24) is 14.9 Å². The zero-order valence-electron chi connectivity index (χ0n) is 10.7. The van der Waals surface area contributed by atoms with Crippen LogP contribution >= 0.6 is 15.9 Å². The van der Waals surface area contributed by atoms with Crippen molar-refractivity contribution in [1.29, 1.82) is 0 Å². The molecule has 1 atom stereocenters. The fourth-order valence-electron chi connectivity index (χ4n) is 2.11. The molecule has 4 heteroatoms. The summed E-state index contributed by atoms with van der Waals surface area (Å²) in [4.78, 5) is 4.43. The van der Waals surface area contributed by atoms with Gasteiger partial charge in [0, 0.05) is 35.9 Å². The van der Waals surface area contributed by atoms with Gasteiger partial charge >= 0.3 is 0 Å². The number of halogens is 1. The molecule has 0 bridgehead atoms. The van der Waals surface area contributed by atoms with E-state index in [0.29, 0.717) is 0 Å². The molecule has 96 valence electrons. The van der Waals surface area contributed by atoms with Crippen LogP contribution in [0.1, 0.15) is 24.4 Å². The molecule has 0 aliphatic rings. The van der Waals surface area contributed by atoms with Gasteiger partial charge in [-0.05, 0) is 31.7 Å². The third-order valence-electron chi connectivity index (χ3n) is 3.13. The molecule has 2 aromatic rings. The van der Waals surface area contributed by atoms with Crippen LogP contribution in [0, 0.1) is 0 Å². The molecule has 0 saturated carbocycles. The fraction of sp³-hybridized carbons (Fsp3) is 0.357. The normalized spacial score (nSPS) is 12.6. The van der Waals surface area contributed by atoms with Crippen LogP contribution in [0.4, 0.5) is 0 Å². The number of aryl methyl sites for hydroxylation is 1. The van der Waals surface area contributed by atoms with Gasteiger partial charge in [-0.1, -0.05) is 28.1 Å². The van der Waals surface area contributed by atoms with Crippen LogP contribution in [0.2, 0.25) is 0 Å². The molecular formula is C14H18BrN3. The van der Waals surface area contributed by atoms with Crippen molar-refractivity contribution < 1.29 is 0 Å². The van der Waals surface area contributed by atoms with Gasteiger partial charge < -0.3 is 9.88 Å². The number of likely N-dealkylation sites (N-methyl/N-ethyl adjacent to an activating group) is 1. The lowest BCUT2D eigenvalue weighted by molar-refractivity contribution is 0.553. The lowest BCUT2D eigenvalue weighted by Crippen LogP contribution is -2.20. The van der Waals surface area contributed by atoms with E-state index in [0.717, 1.165) is 23.3 Å². The summed E-state index contributed by atoms with van der Waals surface area (Å²) in [5, 5.41) is 3.36. The van der Waals surface area contributed by atoms with Crippen LogP contribution in [-0.4, -0.2) is 16.6 Å². The first kappa shape index (κ1) is 13.3. The van der Waals surface area contributed by atoms with E-state index in [1.165, 1.54) is 5.56 Å². The predicted molar refractivity (Wildman–Crippen MR) is 77.5 cm³/mol. The Bertz CT molecular complexity index is 507. The van der Waals surface area contributed by atoms with Crippen LogP contribution in [0.15, 0.2) is 41.1 Å². The van der Waals surface area contributed by atoms with E-state index in [4.69, 9.17) is 0 Å². The Balaban J connectivity index is 2.20. The van der Waals surface area contributed by atoms with Crippen molar-refractivity contribution in [3.8, 4) is 0 Å². The van der Waals surface area contributed by atoms with E-state index in [1.54, 1.807) is 0 Å². The molecule has 0 radical (unpaired) electrons. The number of nitrogens with zero attached hydrogens (tertiary/aromatic N) is 2. The van der Waals surface area contributed by atoms with Crippen LogP contribution in [0.3, 0.4) is 0 Å². The summed E-state index contributed by atoms with van der Waals surface area (Å²) < 4.78 is 3.29. The number of aromatic nitrogens is 2. The van der Waals surface area contributed by atoms with Gasteiger partial charge in [0.25, 0.3) is 0 Å². The highest BCUT2D eigenvalue weighted by atomic mass is 79.9. The summed E-state index contributed by atoms with van der Waals surface area (Å²) in [6.45, 7) is 3.10. The fourth-order valence-corrected chi connectivity index (χ4v) is 2.53. The number of imidazole rings is 1. The molecule has 0 fully saturated rings. The van der Waals surface area contributed by atoms with Gasteiger partial charge in [-0.3, -0.25) is 0 Å². The standard InChI is InChI=1S/C14H18BrN3/c1-3-18-8-7-17-14(18)10-13(16-2)11-5-4-6-12(15)9-11/h4-9,13,16H,3,10H2,1-2H3. The monoisotopic (exact) mass is 307 g/mol. The second-order valence-electron chi connectivity index (χ2n) is 4.23. The summed E-state index contributed by atoms with van der Waals surface area (Å²) in [7, 11) is 1.99. The van der Waals surface area contributed by atoms with Gasteiger partial charge in [0.2, 0.25) is 0 Å². The third kappa shape index (κ3) is 3.00. The average Bonchev–Trinajstić information content (AvgIpc) is 2.83. The first-order valence-electron chi connectivity index (χ1n) is 6.17. The Morgan fingerprint density at radius 1 is 1.44 bits per heavy atom. The van der Waals surface area contributed by atoms with Crippen LogP contribution < -0.4 is 5.32 Å². The van der Waals surface area contributed by atoms with E-state index in [1.807, 2.05) is 25.5 Å². The molecule has 0 amide bonds. The lowest BCUT2D eigenvalue weighted by atomic mass is 10.0. The zero-order valence-corrected chi connectivity index (χ0v) is 12.3. The molecule has 1 aromatic heterocycles. The highest BCUT2D eigenvalue weighted by Gasteiger charge is 2.13. The minimum Gasteiger partial charge on any atom is -0.335 e. The van der Waals surface area contributed by atoms with Crippen molar-refractivity contribution in [2.75, 3.05) is 7.05 Å². The van der Waals surface area contributed by atoms with Gasteiger partial charge in [-0.25, -0.2) is 4.98 Å². The molecule has 1 aromatic carbocycles. The number of nitrogens with one attached hydrogen (secondary N) is 1. The second-order valence-corrected chi connectivity index (χ2v) is 5.15. The zero-order chi connectivity index (χ0) is 13.0. The predicted octanol–water partition coefficient (Wildman–Crippen LogP) is 3.17. The maximum atomic E-state index is 4.43. The van der Waals surface area contributed by atoms with Crippen LogP contribution in [0.5, 0.6) is 0 Å². The van der Waals surface area contributed by atoms with Crippen molar-refractivity contribution in [3.63, 3.8) is 0 Å². The Hall–Kier alpha value is -1.13. The minimum absolute atomic E-state index is 0.287. The second kappa shape index (κ2) is 6.16. The van der Waals surface area contributed by atoms with Gasteiger partial charge in [0.15, 0.2) is 0 Å². The molecule has 1 heterocycles. The maximum absolute atomic E-state index is 4.43. The van der Waals surface area contributed by atoms with Crippen molar-refractivity contribution in [2.45, 2.75) is 25.9 Å². The molecule has 0 aliphatic heterocycles. The van der Waals surface area contributed by atoms with Crippen LogP contribution in [0.25, 0.3) is 0 Å². The lowest BCUT2D eigenvalue weighted by Gasteiger charge is -2.17. The average molecular weight is 308 g/mol. The molecule has 0 aliphatic carbocycles. The first-order valence-corrected chi connectivity index (χ1v) is 6.96. The molecule has 18 heavy (non-hydrogen) atoms. The Labute approximate surface area is 116 Å². The van der Waals surface area contributed by atoms with Gasteiger partial charge in [0.1, 0.15) is 5.82 Å².